The molecule has 0 bridgehead atoms. The Bertz CT molecular complexity index is 663. The molecule has 3 atom stereocenters. The fourth-order valence-corrected chi connectivity index (χ4v) is 3.80. The second kappa shape index (κ2) is 7.66. The molecule has 2 rings (SSSR count). The smallest absolute Gasteiger partial charge is 0.233 e. The van der Waals surface area contributed by atoms with Crippen molar-refractivity contribution in [2.75, 3.05) is 26.0 Å². The van der Waals surface area contributed by atoms with Crippen LogP contribution >= 0.6 is 11.8 Å². The number of thioether (sulfide) groups is 1. The van der Waals surface area contributed by atoms with Gasteiger partial charge in [-0.25, -0.2) is 0 Å². The molecule has 1 aromatic rings. The zero-order valence-corrected chi connectivity index (χ0v) is 15.8. The van der Waals surface area contributed by atoms with Gasteiger partial charge in [-0.2, -0.15) is 0 Å². The maximum absolute atomic E-state index is 12.4. The summed E-state index contributed by atoms with van der Waals surface area (Å²) in [6.45, 7) is 5.93. The lowest BCUT2D eigenvalue weighted by molar-refractivity contribution is -0.128. The predicted octanol–water partition coefficient (Wildman–Crippen LogP) is 1.99. The Morgan fingerprint density at radius 2 is 2.16 bits per heavy atom. The van der Waals surface area contributed by atoms with Crippen LogP contribution in [0.15, 0.2) is 18.2 Å². The minimum atomic E-state index is -0.639. The van der Waals surface area contributed by atoms with Crippen molar-refractivity contribution in [2.24, 2.45) is 5.41 Å². The second-order valence-electron chi connectivity index (χ2n) is 6.72. The number of aromatic hydroxyl groups is 1. The van der Waals surface area contributed by atoms with E-state index in [4.69, 9.17) is 4.74 Å². The van der Waals surface area contributed by atoms with E-state index in [1.807, 2.05) is 13.0 Å². The zero-order valence-electron chi connectivity index (χ0n) is 15.0. The molecule has 1 fully saturated rings. The molecule has 1 saturated heterocycles. The van der Waals surface area contributed by atoms with Crippen molar-refractivity contribution in [3.8, 4) is 11.5 Å². The topological polar surface area (TPSA) is 87.1 Å². The molecule has 2 N–H and O–H groups in total. The number of phenolic OH excluding ortho intramolecular Hbond substituents is 1. The molecular formula is C18H25NO5S. The third kappa shape index (κ3) is 4.10. The van der Waals surface area contributed by atoms with E-state index in [1.165, 1.54) is 14.0 Å². The summed E-state index contributed by atoms with van der Waals surface area (Å²) in [5, 5.41) is 20.3. The number of hydrogen-bond donors (Lipinski definition) is 2. The molecule has 0 radical (unpaired) electrons. The van der Waals surface area contributed by atoms with Gasteiger partial charge in [-0.1, -0.05) is 24.8 Å². The SMILES string of the molecule is COc1ccc([C@@H]2CN(C(=O)CSC(C)=O)CC2(C)[C@@H](C)O)cc1O. The van der Waals surface area contributed by atoms with E-state index >= 15 is 0 Å². The van der Waals surface area contributed by atoms with E-state index in [0.29, 0.717) is 18.8 Å². The van der Waals surface area contributed by atoms with Crippen LogP contribution in [0.5, 0.6) is 11.5 Å². The van der Waals surface area contributed by atoms with Gasteiger partial charge in [-0.05, 0) is 24.6 Å². The Balaban J connectivity index is 2.27. The number of aliphatic hydroxyl groups is 1. The van der Waals surface area contributed by atoms with E-state index in [2.05, 4.69) is 0 Å². The van der Waals surface area contributed by atoms with Crippen molar-refractivity contribution in [3.05, 3.63) is 23.8 Å². The number of aliphatic hydroxyl groups excluding tert-OH is 1. The highest BCUT2D eigenvalue weighted by Crippen LogP contribution is 2.46. The number of phenols is 1. The number of hydrogen-bond acceptors (Lipinski definition) is 6. The van der Waals surface area contributed by atoms with Gasteiger partial charge >= 0.3 is 0 Å². The molecule has 1 unspecified atom stereocenters. The van der Waals surface area contributed by atoms with Crippen LogP contribution in [-0.2, 0) is 9.59 Å². The lowest BCUT2D eigenvalue weighted by Gasteiger charge is -2.33. The molecule has 1 aromatic carbocycles. The maximum atomic E-state index is 12.4. The highest BCUT2D eigenvalue weighted by atomic mass is 32.2. The number of likely N-dealkylation sites (tertiary alicyclic amines) is 1. The molecule has 0 aromatic heterocycles. The van der Waals surface area contributed by atoms with E-state index in [-0.39, 0.29) is 28.4 Å². The summed E-state index contributed by atoms with van der Waals surface area (Å²) >= 11 is 0.990. The minimum Gasteiger partial charge on any atom is -0.504 e. The molecule has 0 aliphatic carbocycles. The predicted molar refractivity (Wildman–Crippen MR) is 96.9 cm³/mol. The number of rotatable bonds is 5. The average molecular weight is 367 g/mol. The van der Waals surface area contributed by atoms with Crippen LogP contribution in [-0.4, -0.2) is 58.2 Å². The molecule has 1 aliphatic heterocycles. The van der Waals surface area contributed by atoms with Gasteiger partial charge in [0.1, 0.15) is 0 Å². The molecule has 1 amide bonds. The Labute approximate surface area is 152 Å². The van der Waals surface area contributed by atoms with Crippen LogP contribution < -0.4 is 4.74 Å². The van der Waals surface area contributed by atoms with Gasteiger partial charge in [-0.15, -0.1) is 0 Å². The minimum absolute atomic E-state index is 0.0323. The fraction of sp³-hybridized carbons (Fsp3) is 0.556. The van der Waals surface area contributed by atoms with E-state index < -0.39 is 11.5 Å². The summed E-state index contributed by atoms with van der Waals surface area (Å²) in [4.78, 5) is 25.2. The highest BCUT2D eigenvalue weighted by molar-refractivity contribution is 8.14. The van der Waals surface area contributed by atoms with Crippen molar-refractivity contribution < 1.29 is 24.5 Å². The molecule has 25 heavy (non-hydrogen) atoms. The Hall–Kier alpha value is -1.73. The number of nitrogens with zero attached hydrogens (tertiary/aromatic N) is 1. The first-order chi connectivity index (χ1) is 11.7. The van der Waals surface area contributed by atoms with Crippen molar-refractivity contribution in [1.29, 1.82) is 0 Å². The zero-order chi connectivity index (χ0) is 18.8. The summed E-state index contributed by atoms with van der Waals surface area (Å²) in [6.07, 6.45) is -0.639. The van der Waals surface area contributed by atoms with Gasteiger partial charge < -0.3 is 19.8 Å². The molecule has 1 heterocycles. The molecule has 6 nitrogen and oxygen atoms in total. The van der Waals surface area contributed by atoms with Gasteiger partial charge in [0, 0.05) is 31.3 Å². The number of methoxy groups -OCH3 is 1. The quantitative estimate of drug-likeness (QED) is 0.828. The first kappa shape index (κ1) is 19.6. The summed E-state index contributed by atoms with van der Waals surface area (Å²) < 4.78 is 5.08. The number of carbonyl (C=O) groups is 2. The largest absolute Gasteiger partial charge is 0.504 e. The fourth-order valence-electron chi connectivity index (χ4n) is 3.29. The van der Waals surface area contributed by atoms with Crippen LogP contribution in [0.4, 0.5) is 0 Å². The Morgan fingerprint density at radius 1 is 1.48 bits per heavy atom. The van der Waals surface area contributed by atoms with E-state index in [1.54, 1.807) is 24.0 Å². The standard InChI is InChI=1S/C18H25NO5S/c1-11(20)18(3)10-19(17(23)9-25-12(2)21)8-14(18)13-5-6-16(24-4)15(22)7-13/h5-7,11,14,20,22H,8-10H2,1-4H3/t11-,14+,18?/m1/s1. The van der Waals surface area contributed by atoms with Crippen molar-refractivity contribution in [1.82, 2.24) is 4.90 Å². The lowest BCUT2D eigenvalue weighted by atomic mass is 9.72. The highest BCUT2D eigenvalue weighted by Gasteiger charge is 2.48. The first-order valence-electron chi connectivity index (χ1n) is 8.15. The van der Waals surface area contributed by atoms with Gasteiger partial charge in [-0.3, -0.25) is 9.59 Å². The number of ether oxygens (including phenoxy) is 1. The summed E-state index contributed by atoms with van der Waals surface area (Å²) in [5.41, 5.74) is 0.300. The lowest BCUT2D eigenvalue weighted by Crippen LogP contribution is -2.38. The van der Waals surface area contributed by atoms with Crippen LogP contribution in [0.25, 0.3) is 0 Å². The average Bonchev–Trinajstić information content (AvgIpc) is 2.91. The van der Waals surface area contributed by atoms with Crippen molar-refractivity contribution >= 4 is 22.8 Å². The van der Waals surface area contributed by atoms with Crippen LogP contribution in [0, 0.1) is 5.41 Å². The molecule has 1 aliphatic rings. The third-order valence-electron chi connectivity index (χ3n) is 5.04. The summed E-state index contributed by atoms with van der Waals surface area (Å²) in [6, 6.07) is 5.16. The second-order valence-corrected chi connectivity index (χ2v) is 7.87. The summed E-state index contributed by atoms with van der Waals surface area (Å²) in [7, 11) is 1.48. The van der Waals surface area contributed by atoms with Crippen LogP contribution in [0.3, 0.4) is 0 Å². The van der Waals surface area contributed by atoms with Gasteiger partial charge in [0.15, 0.2) is 16.6 Å². The molecule has 0 saturated carbocycles. The monoisotopic (exact) mass is 367 g/mol. The van der Waals surface area contributed by atoms with Crippen molar-refractivity contribution in [3.63, 3.8) is 0 Å². The molecule has 7 heteroatoms. The van der Waals surface area contributed by atoms with Crippen molar-refractivity contribution in [2.45, 2.75) is 32.8 Å². The van der Waals surface area contributed by atoms with Crippen LogP contribution in [0.1, 0.15) is 32.3 Å². The maximum Gasteiger partial charge on any atom is 0.233 e. The first-order valence-corrected chi connectivity index (χ1v) is 9.13. The number of amides is 1. The molecular weight excluding hydrogens is 342 g/mol. The normalized spacial score (nSPS) is 24.2. The van der Waals surface area contributed by atoms with Crippen LogP contribution in [0.2, 0.25) is 0 Å². The molecule has 138 valence electrons. The Kier molecular flexibility index (Phi) is 6.00. The van der Waals surface area contributed by atoms with E-state index in [0.717, 1.165) is 17.3 Å². The van der Waals surface area contributed by atoms with Gasteiger partial charge in [0.25, 0.3) is 0 Å². The number of carbonyl (C=O) groups excluding carboxylic acids is 2. The third-order valence-corrected chi connectivity index (χ3v) is 5.84. The summed E-state index contributed by atoms with van der Waals surface area (Å²) in [5.74, 6) is 0.269. The van der Waals surface area contributed by atoms with E-state index in [9.17, 15) is 19.8 Å². The number of benzene rings is 1. The van der Waals surface area contributed by atoms with Gasteiger partial charge in [0.2, 0.25) is 5.91 Å². The molecule has 0 spiro atoms. The van der Waals surface area contributed by atoms with Gasteiger partial charge in [0.05, 0.1) is 19.0 Å². The Morgan fingerprint density at radius 3 is 2.68 bits per heavy atom.